The summed E-state index contributed by atoms with van der Waals surface area (Å²) in [6, 6.07) is 70.2. The summed E-state index contributed by atoms with van der Waals surface area (Å²) in [5, 5.41) is 2.28. The molecule has 11 rings (SSSR count). The number of benzene rings is 8. The van der Waals surface area contributed by atoms with E-state index in [-0.39, 0.29) is 11.2 Å². The van der Waals surface area contributed by atoms with Crippen LogP contribution >= 0.6 is 0 Å². The Bertz CT molecular complexity index is 3300. The second-order valence-corrected chi connectivity index (χ2v) is 17.5. The van der Waals surface area contributed by atoms with Crippen molar-refractivity contribution in [3.8, 4) is 28.4 Å². The Morgan fingerprint density at radius 3 is 1.88 bits per heavy atom. The molecule has 0 unspecified atom stereocenters. The van der Waals surface area contributed by atoms with E-state index in [2.05, 4.69) is 204 Å². The first-order chi connectivity index (χ1) is 31.8. The highest BCUT2D eigenvalue weighted by molar-refractivity contribution is 6.09. The molecule has 0 bridgehead atoms. The molecule has 1 aliphatic rings. The van der Waals surface area contributed by atoms with E-state index in [1.54, 1.807) is 0 Å². The predicted octanol–water partition coefficient (Wildman–Crippen LogP) is 15.8. The molecular weight excluding hydrogens is 802 g/mol. The maximum absolute atomic E-state index is 14.1. The number of rotatable bonds is 9. The lowest BCUT2D eigenvalue weighted by Gasteiger charge is -2.29. The minimum atomic E-state index is -0.257. The molecule has 8 aromatic carbocycles. The number of pyridine rings is 1. The van der Waals surface area contributed by atoms with Crippen molar-refractivity contribution in [2.24, 2.45) is 0 Å². The van der Waals surface area contributed by atoms with E-state index in [1.807, 2.05) is 36.5 Å². The fourth-order valence-electron chi connectivity index (χ4n) is 9.14. The van der Waals surface area contributed by atoms with Gasteiger partial charge in [0, 0.05) is 57.8 Å². The zero-order chi connectivity index (χ0) is 44.1. The van der Waals surface area contributed by atoms with Crippen molar-refractivity contribution in [3.63, 3.8) is 0 Å². The average Bonchev–Trinajstić information content (AvgIpc) is 3.88. The van der Waals surface area contributed by atoms with Crippen molar-refractivity contribution >= 4 is 61.6 Å². The van der Waals surface area contributed by atoms with Crippen LogP contribution in [0.1, 0.15) is 26.3 Å². The van der Waals surface area contributed by atoms with Gasteiger partial charge in [0.2, 0.25) is 0 Å². The van der Waals surface area contributed by atoms with Gasteiger partial charge in [0.25, 0.3) is 0 Å². The summed E-state index contributed by atoms with van der Waals surface area (Å²) in [5.74, 6) is 2.00. The van der Waals surface area contributed by atoms with Gasteiger partial charge >= 0.3 is 0 Å². The van der Waals surface area contributed by atoms with E-state index in [9.17, 15) is 4.39 Å². The highest BCUT2D eigenvalue weighted by Crippen LogP contribution is 2.49. The second-order valence-electron chi connectivity index (χ2n) is 17.5. The molecule has 0 atom stereocenters. The molecule has 0 aliphatic carbocycles. The van der Waals surface area contributed by atoms with Crippen molar-refractivity contribution in [2.75, 3.05) is 21.4 Å². The molecule has 10 aromatic rings. The average molecular weight is 848 g/mol. The topological polar surface area (TPSA) is 36.8 Å². The van der Waals surface area contributed by atoms with Crippen LogP contribution in [-0.4, -0.2) is 16.2 Å². The summed E-state index contributed by atoms with van der Waals surface area (Å²) in [7, 11) is 0. The first-order valence-electron chi connectivity index (χ1n) is 22.0. The van der Waals surface area contributed by atoms with E-state index < -0.39 is 0 Å². The number of ether oxygens (including phenoxy) is 1. The Kier molecular flexibility index (Phi) is 9.88. The molecule has 1 aliphatic heterocycles. The Hall–Kier alpha value is -8.16. The van der Waals surface area contributed by atoms with Crippen LogP contribution in [0.2, 0.25) is 0 Å². The number of anilines is 7. The highest BCUT2D eigenvalue weighted by Gasteiger charge is 2.30. The van der Waals surface area contributed by atoms with Gasteiger partial charge in [-0.3, -0.25) is 4.57 Å². The number of para-hydroxylation sites is 6. The Labute approximate surface area is 378 Å². The summed E-state index contributed by atoms with van der Waals surface area (Å²) in [6.45, 7) is 7.22. The van der Waals surface area contributed by atoms with Crippen LogP contribution in [0, 0.1) is 5.82 Å². The van der Waals surface area contributed by atoms with Gasteiger partial charge in [-0.2, -0.15) is 0 Å². The summed E-state index contributed by atoms with van der Waals surface area (Å²) in [6.07, 6.45) is 1.91. The van der Waals surface area contributed by atoms with Crippen molar-refractivity contribution in [3.05, 3.63) is 224 Å². The first-order valence-corrected chi connectivity index (χ1v) is 22.0. The van der Waals surface area contributed by atoms with Crippen LogP contribution in [-0.2, 0) is 5.41 Å². The normalized spacial score (nSPS) is 12.5. The van der Waals surface area contributed by atoms with Crippen LogP contribution < -0.4 is 19.4 Å². The van der Waals surface area contributed by atoms with Gasteiger partial charge in [-0.15, -0.1) is 0 Å². The monoisotopic (exact) mass is 847 g/mol. The number of fused-ring (bicyclic) bond motifs is 4. The van der Waals surface area contributed by atoms with Gasteiger partial charge in [-0.1, -0.05) is 118 Å². The third-order valence-corrected chi connectivity index (χ3v) is 12.3. The highest BCUT2D eigenvalue weighted by atomic mass is 19.1. The molecule has 0 fully saturated rings. The standard InChI is InChI=1S/C58H46FN5O/c1-58(2,3)41-32-33-60-57(34-41)64-53-23-13-11-21-50(53)51-31-30-47(38-56(51)64)65-48-36-45(35-46(37-48)63(43-16-6-4-7-17-43)44-18-8-5-9-19-44)61-39-62(55-25-15-14-24-54(55)61)52-22-12-10-20-49(52)40-26-28-42(59)29-27-40/h4-38H,39H2,1-3H3. The van der Waals surface area contributed by atoms with Gasteiger partial charge in [-0.05, 0) is 108 Å². The molecule has 6 nitrogen and oxygen atoms in total. The summed E-state index contributed by atoms with van der Waals surface area (Å²) >= 11 is 0. The van der Waals surface area contributed by atoms with E-state index >= 15 is 0 Å². The number of aromatic nitrogens is 2. The minimum Gasteiger partial charge on any atom is -0.457 e. The van der Waals surface area contributed by atoms with Crippen LogP contribution in [0.25, 0.3) is 38.8 Å². The van der Waals surface area contributed by atoms with E-state index in [0.29, 0.717) is 18.2 Å². The largest absolute Gasteiger partial charge is 0.457 e. The zero-order valence-electron chi connectivity index (χ0n) is 36.4. The van der Waals surface area contributed by atoms with Gasteiger partial charge in [-0.25, -0.2) is 9.37 Å². The quantitative estimate of drug-likeness (QED) is 0.145. The van der Waals surface area contributed by atoms with Gasteiger partial charge in [0.1, 0.15) is 29.8 Å². The molecule has 0 radical (unpaired) electrons. The fraction of sp³-hybridized carbons (Fsp3) is 0.0862. The molecule has 2 aromatic heterocycles. The number of hydrogen-bond acceptors (Lipinski definition) is 5. The van der Waals surface area contributed by atoms with Crippen molar-refractivity contribution in [1.29, 1.82) is 0 Å². The summed E-state index contributed by atoms with van der Waals surface area (Å²) in [4.78, 5) is 11.9. The predicted molar refractivity (Wildman–Crippen MR) is 266 cm³/mol. The van der Waals surface area contributed by atoms with Crippen molar-refractivity contribution in [1.82, 2.24) is 9.55 Å². The van der Waals surface area contributed by atoms with E-state index in [0.717, 1.165) is 78.6 Å². The molecule has 0 N–H and O–H groups in total. The van der Waals surface area contributed by atoms with Crippen LogP contribution in [0.4, 0.5) is 44.2 Å². The Morgan fingerprint density at radius 1 is 0.523 bits per heavy atom. The van der Waals surface area contributed by atoms with Crippen LogP contribution in [0.3, 0.4) is 0 Å². The lowest BCUT2D eigenvalue weighted by atomic mass is 9.88. The fourth-order valence-corrected chi connectivity index (χ4v) is 9.14. The smallest absolute Gasteiger partial charge is 0.137 e. The number of hydrogen-bond donors (Lipinski definition) is 0. The zero-order valence-corrected chi connectivity index (χ0v) is 36.4. The SMILES string of the molecule is CC(C)(C)c1ccnc(-n2c3ccccc3c3ccc(Oc4cc(N5CN(c6ccccc6-c6ccc(F)cc6)c6ccccc65)cc(N(c5ccccc5)c5ccccc5)c4)cc32)c1. The third kappa shape index (κ3) is 7.41. The van der Waals surface area contributed by atoms with Crippen molar-refractivity contribution < 1.29 is 9.13 Å². The Morgan fingerprint density at radius 2 is 1.15 bits per heavy atom. The van der Waals surface area contributed by atoms with Crippen LogP contribution in [0.5, 0.6) is 11.5 Å². The molecule has 65 heavy (non-hydrogen) atoms. The van der Waals surface area contributed by atoms with Crippen LogP contribution in [0.15, 0.2) is 212 Å². The summed E-state index contributed by atoms with van der Waals surface area (Å²) < 4.78 is 23.5. The molecule has 0 spiro atoms. The maximum Gasteiger partial charge on any atom is 0.137 e. The lowest BCUT2D eigenvalue weighted by Crippen LogP contribution is -2.24. The Balaban J connectivity index is 1.06. The van der Waals surface area contributed by atoms with E-state index in [4.69, 9.17) is 9.72 Å². The van der Waals surface area contributed by atoms with Crippen molar-refractivity contribution in [2.45, 2.75) is 26.2 Å². The molecule has 7 heteroatoms. The molecule has 0 saturated heterocycles. The number of halogens is 1. The molecule has 0 saturated carbocycles. The molecular formula is C58H46FN5O. The second kappa shape index (κ2) is 16.2. The molecule has 0 amide bonds. The van der Waals surface area contributed by atoms with Gasteiger partial charge in [0.15, 0.2) is 0 Å². The van der Waals surface area contributed by atoms with Gasteiger partial charge in [0.05, 0.1) is 33.8 Å². The first kappa shape index (κ1) is 39.7. The summed E-state index contributed by atoms with van der Waals surface area (Å²) in [5.41, 5.74) is 12.4. The van der Waals surface area contributed by atoms with E-state index in [1.165, 1.54) is 17.7 Å². The minimum absolute atomic E-state index is 0.0420. The van der Waals surface area contributed by atoms with Gasteiger partial charge < -0.3 is 19.4 Å². The third-order valence-electron chi connectivity index (χ3n) is 12.3. The lowest BCUT2D eigenvalue weighted by molar-refractivity contribution is 0.483. The number of nitrogens with zero attached hydrogens (tertiary/aromatic N) is 5. The molecule has 3 heterocycles. The molecule has 316 valence electrons. The maximum atomic E-state index is 14.1.